The van der Waals surface area contributed by atoms with E-state index in [1.807, 2.05) is 0 Å². The monoisotopic (exact) mass is 381 g/mol. The Morgan fingerprint density at radius 1 is 0.889 bits per heavy atom. The second kappa shape index (κ2) is 7.34. The van der Waals surface area contributed by atoms with Gasteiger partial charge in [0.2, 0.25) is 0 Å². The minimum absolute atomic E-state index is 0.0490. The number of amides is 2. The van der Waals surface area contributed by atoms with Crippen LogP contribution in [0.5, 0.6) is 0 Å². The van der Waals surface area contributed by atoms with Crippen molar-refractivity contribution in [2.45, 2.75) is 6.18 Å². The Kier molecular flexibility index (Phi) is 5.11. The van der Waals surface area contributed by atoms with Gasteiger partial charge in [0.25, 0.3) is 11.8 Å². The van der Waals surface area contributed by atoms with Crippen molar-refractivity contribution in [2.24, 2.45) is 0 Å². The van der Waals surface area contributed by atoms with Crippen LogP contribution in [0, 0.1) is 5.82 Å². The number of benzene rings is 1. The molecule has 9 heteroatoms. The van der Waals surface area contributed by atoms with E-state index in [0.29, 0.717) is 0 Å². The van der Waals surface area contributed by atoms with Crippen LogP contribution in [0.3, 0.4) is 0 Å². The maximum absolute atomic E-state index is 13.3. The number of carbonyl (C=O) groups excluding carboxylic acids is 2. The third-order valence-corrected chi connectivity index (χ3v) is 4.23. The molecule has 0 saturated carbocycles. The van der Waals surface area contributed by atoms with Gasteiger partial charge >= 0.3 is 6.18 Å². The van der Waals surface area contributed by atoms with E-state index in [9.17, 15) is 27.2 Å². The summed E-state index contributed by atoms with van der Waals surface area (Å²) in [6, 6.07) is 7.19. The van der Waals surface area contributed by atoms with Crippen LogP contribution in [0.2, 0.25) is 0 Å². The van der Waals surface area contributed by atoms with E-state index in [1.54, 1.807) is 0 Å². The lowest BCUT2D eigenvalue weighted by atomic mass is 10.1. The normalized spacial score (nSPS) is 15.0. The molecule has 2 aromatic rings. The number of rotatable bonds is 2. The van der Waals surface area contributed by atoms with Crippen molar-refractivity contribution < 1.29 is 27.2 Å². The van der Waals surface area contributed by atoms with Gasteiger partial charge in [0.05, 0.1) is 5.56 Å². The minimum Gasteiger partial charge on any atom is -0.335 e. The average molecular weight is 381 g/mol. The lowest BCUT2D eigenvalue weighted by Gasteiger charge is -2.34. The Morgan fingerprint density at radius 3 is 1.96 bits per heavy atom. The van der Waals surface area contributed by atoms with Crippen LogP contribution >= 0.6 is 0 Å². The predicted molar refractivity (Wildman–Crippen MR) is 87.4 cm³/mol. The second-order valence-corrected chi connectivity index (χ2v) is 6.02. The highest BCUT2D eigenvalue weighted by Gasteiger charge is 2.33. The number of alkyl halides is 3. The third-order valence-electron chi connectivity index (χ3n) is 4.23. The Balaban J connectivity index is 1.61. The predicted octanol–water partition coefficient (Wildman–Crippen LogP) is 2.84. The first kappa shape index (κ1) is 18.8. The summed E-state index contributed by atoms with van der Waals surface area (Å²) in [6.45, 7) is 0.937. The van der Waals surface area contributed by atoms with Gasteiger partial charge in [0, 0.05) is 37.9 Å². The molecule has 1 aliphatic heterocycles. The second-order valence-electron chi connectivity index (χ2n) is 6.02. The maximum atomic E-state index is 13.3. The van der Waals surface area contributed by atoms with Crippen LogP contribution in [0.4, 0.5) is 17.6 Å². The Morgan fingerprint density at radius 2 is 1.48 bits per heavy atom. The number of carbonyl (C=O) groups is 2. The molecule has 1 aromatic carbocycles. The third kappa shape index (κ3) is 4.24. The van der Waals surface area contributed by atoms with Crippen molar-refractivity contribution in [1.29, 1.82) is 0 Å². The first-order valence-electron chi connectivity index (χ1n) is 8.13. The van der Waals surface area contributed by atoms with E-state index >= 15 is 0 Å². The average Bonchev–Trinajstić information content (AvgIpc) is 2.66. The molecule has 0 N–H and O–H groups in total. The molecule has 2 amide bonds. The molecule has 2 heterocycles. The molecule has 1 saturated heterocycles. The summed E-state index contributed by atoms with van der Waals surface area (Å²) in [5, 5.41) is 0. The van der Waals surface area contributed by atoms with Crippen LogP contribution < -0.4 is 0 Å². The van der Waals surface area contributed by atoms with Crippen LogP contribution in [0.1, 0.15) is 26.4 Å². The summed E-state index contributed by atoms with van der Waals surface area (Å²) in [4.78, 5) is 31.0. The van der Waals surface area contributed by atoms with Crippen LogP contribution in [-0.4, -0.2) is 52.8 Å². The topological polar surface area (TPSA) is 53.5 Å². The highest BCUT2D eigenvalue weighted by Crippen LogP contribution is 2.27. The number of hydrogen-bond donors (Lipinski definition) is 0. The first-order valence-corrected chi connectivity index (χ1v) is 8.13. The molecule has 1 aromatic heterocycles. The van der Waals surface area contributed by atoms with E-state index in [-0.39, 0.29) is 43.2 Å². The summed E-state index contributed by atoms with van der Waals surface area (Å²) >= 11 is 0. The van der Waals surface area contributed by atoms with Gasteiger partial charge in [0.1, 0.15) is 11.5 Å². The van der Waals surface area contributed by atoms with Crippen molar-refractivity contribution in [3.05, 3.63) is 65.2 Å². The van der Waals surface area contributed by atoms with E-state index < -0.39 is 23.6 Å². The van der Waals surface area contributed by atoms with E-state index in [1.165, 1.54) is 28.0 Å². The van der Waals surface area contributed by atoms with Gasteiger partial charge in [-0.15, -0.1) is 0 Å². The standard InChI is InChI=1S/C18H15F4N3O2/c19-14-3-1-2-12(10-14)16(26)24-6-8-25(9-7-24)17(27)13-4-5-15(23-11-13)18(20,21)22/h1-5,10-11H,6-9H2. The van der Waals surface area contributed by atoms with Crippen LogP contribution in [-0.2, 0) is 6.18 Å². The molecular weight excluding hydrogens is 366 g/mol. The maximum Gasteiger partial charge on any atom is 0.433 e. The summed E-state index contributed by atoms with van der Waals surface area (Å²) in [5.74, 6) is -1.30. The van der Waals surface area contributed by atoms with Crippen molar-refractivity contribution in [3.8, 4) is 0 Å². The molecule has 3 rings (SSSR count). The van der Waals surface area contributed by atoms with Gasteiger partial charge in [0.15, 0.2) is 0 Å². The molecule has 0 spiro atoms. The van der Waals surface area contributed by atoms with Crippen molar-refractivity contribution in [1.82, 2.24) is 14.8 Å². The van der Waals surface area contributed by atoms with Crippen LogP contribution in [0.15, 0.2) is 42.6 Å². The number of hydrogen-bond acceptors (Lipinski definition) is 3. The molecule has 0 unspecified atom stereocenters. The summed E-state index contributed by atoms with van der Waals surface area (Å²) in [5.41, 5.74) is -0.792. The molecule has 1 fully saturated rings. The molecule has 27 heavy (non-hydrogen) atoms. The zero-order valence-electron chi connectivity index (χ0n) is 14.0. The van der Waals surface area contributed by atoms with Gasteiger partial charge < -0.3 is 9.80 Å². The SMILES string of the molecule is O=C(c1ccc(C(F)(F)F)nc1)N1CCN(C(=O)c2cccc(F)c2)CC1. The molecule has 0 atom stereocenters. The summed E-state index contributed by atoms with van der Waals surface area (Å²) < 4.78 is 50.9. The number of nitrogens with zero attached hydrogens (tertiary/aromatic N) is 3. The number of pyridine rings is 1. The molecule has 1 aliphatic rings. The highest BCUT2D eigenvalue weighted by molar-refractivity contribution is 5.95. The van der Waals surface area contributed by atoms with Gasteiger partial charge in [-0.05, 0) is 30.3 Å². The molecule has 142 valence electrons. The van der Waals surface area contributed by atoms with Crippen molar-refractivity contribution in [2.75, 3.05) is 26.2 Å². The number of piperazine rings is 1. The lowest BCUT2D eigenvalue weighted by Crippen LogP contribution is -2.50. The van der Waals surface area contributed by atoms with Crippen molar-refractivity contribution >= 4 is 11.8 Å². The fourth-order valence-electron chi connectivity index (χ4n) is 2.79. The van der Waals surface area contributed by atoms with Gasteiger partial charge in [-0.1, -0.05) is 6.07 Å². The zero-order valence-corrected chi connectivity index (χ0v) is 14.0. The summed E-state index contributed by atoms with van der Waals surface area (Å²) in [7, 11) is 0. The fourth-order valence-corrected chi connectivity index (χ4v) is 2.79. The Bertz CT molecular complexity index is 844. The molecule has 0 radical (unpaired) electrons. The largest absolute Gasteiger partial charge is 0.433 e. The minimum atomic E-state index is -4.57. The Hall–Kier alpha value is -2.97. The van der Waals surface area contributed by atoms with Crippen molar-refractivity contribution in [3.63, 3.8) is 0 Å². The Labute approximate surface area is 152 Å². The van der Waals surface area contributed by atoms with Gasteiger partial charge in [-0.25, -0.2) is 4.39 Å². The lowest BCUT2D eigenvalue weighted by molar-refractivity contribution is -0.141. The molecule has 5 nitrogen and oxygen atoms in total. The quantitative estimate of drug-likeness (QED) is 0.752. The molecule has 0 bridgehead atoms. The highest BCUT2D eigenvalue weighted by atomic mass is 19.4. The van der Waals surface area contributed by atoms with Gasteiger partial charge in [-0.3, -0.25) is 14.6 Å². The zero-order chi connectivity index (χ0) is 19.6. The number of halogens is 4. The van der Waals surface area contributed by atoms with Crippen LogP contribution in [0.25, 0.3) is 0 Å². The van der Waals surface area contributed by atoms with E-state index in [4.69, 9.17) is 0 Å². The van der Waals surface area contributed by atoms with E-state index in [2.05, 4.69) is 4.98 Å². The molecule has 0 aliphatic carbocycles. The van der Waals surface area contributed by atoms with Gasteiger partial charge in [-0.2, -0.15) is 13.2 Å². The molecular formula is C18H15F4N3O2. The first-order chi connectivity index (χ1) is 12.8. The number of aromatic nitrogens is 1. The smallest absolute Gasteiger partial charge is 0.335 e. The summed E-state index contributed by atoms with van der Waals surface area (Å²) in [6.07, 6.45) is -3.67. The fraction of sp³-hybridized carbons (Fsp3) is 0.278. The van der Waals surface area contributed by atoms with E-state index in [0.717, 1.165) is 24.4 Å².